The predicted octanol–water partition coefficient (Wildman–Crippen LogP) is 1.91. The monoisotopic (exact) mass is 237 g/mol. The zero-order valence-electron chi connectivity index (χ0n) is 11.4. The van der Waals surface area contributed by atoms with E-state index >= 15 is 0 Å². The molecule has 0 unspecified atom stereocenters. The Kier molecular flexibility index (Phi) is 4.75. The molecule has 0 amide bonds. The summed E-state index contributed by atoms with van der Waals surface area (Å²) in [5, 5.41) is 3.45. The Bertz CT molecular complexity index is 347. The van der Waals surface area contributed by atoms with Crippen LogP contribution >= 0.6 is 0 Å². The third kappa shape index (κ3) is 5.04. The van der Waals surface area contributed by atoms with Crippen LogP contribution in [0.1, 0.15) is 20.8 Å². The van der Waals surface area contributed by atoms with Crippen LogP contribution < -0.4 is 15.0 Å². The molecule has 0 aliphatic heterocycles. The number of nitrogens with zero attached hydrogens (tertiary/aromatic N) is 2. The molecule has 1 aromatic heterocycles. The van der Waals surface area contributed by atoms with Crippen molar-refractivity contribution in [3.8, 4) is 5.88 Å². The standard InChI is InChI=1S/C13H23N3O/c1-13(2,3)14-9-10-16(4)11-7-6-8-12(15-11)17-5/h6-8,14H,9-10H2,1-5H3. The lowest BCUT2D eigenvalue weighted by molar-refractivity contribution is 0.397. The molecule has 4 nitrogen and oxygen atoms in total. The van der Waals surface area contributed by atoms with Gasteiger partial charge in [0.15, 0.2) is 0 Å². The lowest BCUT2D eigenvalue weighted by Gasteiger charge is -2.24. The van der Waals surface area contributed by atoms with Crippen LogP contribution in [-0.2, 0) is 0 Å². The van der Waals surface area contributed by atoms with Crippen molar-refractivity contribution in [1.82, 2.24) is 10.3 Å². The minimum Gasteiger partial charge on any atom is -0.481 e. The number of likely N-dealkylation sites (N-methyl/N-ethyl adjacent to an activating group) is 1. The van der Waals surface area contributed by atoms with Gasteiger partial charge in [0, 0.05) is 31.7 Å². The van der Waals surface area contributed by atoms with Crippen molar-refractivity contribution in [3.05, 3.63) is 18.2 Å². The van der Waals surface area contributed by atoms with Gasteiger partial charge in [-0.3, -0.25) is 0 Å². The topological polar surface area (TPSA) is 37.4 Å². The van der Waals surface area contributed by atoms with E-state index in [0.717, 1.165) is 18.9 Å². The Morgan fingerprint density at radius 3 is 2.65 bits per heavy atom. The first-order chi connectivity index (χ1) is 7.92. The van der Waals surface area contributed by atoms with Crippen molar-refractivity contribution in [2.75, 3.05) is 32.1 Å². The Morgan fingerprint density at radius 2 is 2.06 bits per heavy atom. The summed E-state index contributed by atoms with van der Waals surface area (Å²) < 4.78 is 5.11. The average molecular weight is 237 g/mol. The highest BCUT2D eigenvalue weighted by Crippen LogP contribution is 2.13. The Labute approximate surface area is 104 Å². The number of methoxy groups -OCH3 is 1. The summed E-state index contributed by atoms with van der Waals surface area (Å²) in [6.07, 6.45) is 0. The quantitative estimate of drug-likeness (QED) is 0.849. The van der Waals surface area contributed by atoms with Crippen LogP contribution in [0.25, 0.3) is 0 Å². The second kappa shape index (κ2) is 5.87. The van der Waals surface area contributed by atoms with Crippen LogP contribution in [0.15, 0.2) is 18.2 Å². The number of anilines is 1. The first-order valence-corrected chi connectivity index (χ1v) is 5.89. The van der Waals surface area contributed by atoms with Gasteiger partial charge < -0.3 is 15.0 Å². The molecule has 0 fully saturated rings. The van der Waals surface area contributed by atoms with Gasteiger partial charge in [-0.05, 0) is 26.8 Å². The van der Waals surface area contributed by atoms with Crippen molar-refractivity contribution in [3.63, 3.8) is 0 Å². The van der Waals surface area contributed by atoms with Gasteiger partial charge in [-0.25, -0.2) is 0 Å². The van der Waals surface area contributed by atoms with Crippen LogP contribution in [0.3, 0.4) is 0 Å². The maximum absolute atomic E-state index is 5.11. The fraction of sp³-hybridized carbons (Fsp3) is 0.615. The summed E-state index contributed by atoms with van der Waals surface area (Å²) in [6, 6.07) is 5.79. The number of hydrogen-bond acceptors (Lipinski definition) is 4. The smallest absolute Gasteiger partial charge is 0.214 e. The molecule has 1 rings (SSSR count). The molecule has 0 bridgehead atoms. The highest BCUT2D eigenvalue weighted by atomic mass is 16.5. The van der Waals surface area contributed by atoms with Crippen molar-refractivity contribution in [2.45, 2.75) is 26.3 Å². The molecular weight excluding hydrogens is 214 g/mol. The number of aromatic nitrogens is 1. The van der Waals surface area contributed by atoms with Gasteiger partial charge in [0.1, 0.15) is 5.82 Å². The molecule has 0 aliphatic rings. The molecule has 1 N–H and O–H groups in total. The molecule has 4 heteroatoms. The third-order valence-corrected chi connectivity index (χ3v) is 2.41. The van der Waals surface area contributed by atoms with E-state index in [1.165, 1.54) is 0 Å². The van der Waals surface area contributed by atoms with Crippen LogP contribution in [0.2, 0.25) is 0 Å². The fourth-order valence-corrected chi connectivity index (χ4v) is 1.44. The van der Waals surface area contributed by atoms with Gasteiger partial charge in [0.25, 0.3) is 0 Å². The van der Waals surface area contributed by atoms with Crippen molar-refractivity contribution >= 4 is 5.82 Å². The predicted molar refractivity (Wildman–Crippen MR) is 71.8 cm³/mol. The second-order valence-corrected chi connectivity index (χ2v) is 5.14. The molecule has 96 valence electrons. The maximum Gasteiger partial charge on any atom is 0.214 e. The largest absolute Gasteiger partial charge is 0.481 e. The van der Waals surface area contributed by atoms with Crippen LogP contribution in [0.5, 0.6) is 5.88 Å². The summed E-state index contributed by atoms with van der Waals surface area (Å²) in [5.74, 6) is 1.58. The highest BCUT2D eigenvalue weighted by molar-refractivity contribution is 5.39. The number of nitrogens with one attached hydrogen (secondary N) is 1. The first-order valence-electron chi connectivity index (χ1n) is 5.89. The van der Waals surface area contributed by atoms with Gasteiger partial charge in [0.05, 0.1) is 7.11 Å². The molecule has 1 heterocycles. The van der Waals surface area contributed by atoms with Crippen LogP contribution in [0.4, 0.5) is 5.82 Å². The molecule has 0 saturated heterocycles. The molecule has 0 saturated carbocycles. The fourth-order valence-electron chi connectivity index (χ4n) is 1.44. The van der Waals surface area contributed by atoms with Crippen LogP contribution in [0, 0.1) is 0 Å². The van der Waals surface area contributed by atoms with Crippen LogP contribution in [-0.4, -0.2) is 37.8 Å². The van der Waals surface area contributed by atoms with E-state index in [1.54, 1.807) is 7.11 Å². The van der Waals surface area contributed by atoms with Gasteiger partial charge in [0.2, 0.25) is 5.88 Å². The SMILES string of the molecule is COc1cccc(N(C)CCNC(C)(C)C)n1. The van der Waals surface area contributed by atoms with Gasteiger partial charge in [-0.2, -0.15) is 4.98 Å². The molecule has 17 heavy (non-hydrogen) atoms. The molecular formula is C13H23N3O. The van der Waals surface area contributed by atoms with Crippen molar-refractivity contribution in [1.29, 1.82) is 0 Å². The number of pyridine rings is 1. The molecule has 0 radical (unpaired) electrons. The molecule has 0 aliphatic carbocycles. The summed E-state index contributed by atoms with van der Waals surface area (Å²) in [6.45, 7) is 8.33. The van der Waals surface area contributed by atoms with E-state index in [0.29, 0.717) is 5.88 Å². The molecule has 1 aromatic rings. The van der Waals surface area contributed by atoms with E-state index in [-0.39, 0.29) is 5.54 Å². The van der Waals surface area contributed by atoms with Gasteiger partial charge in [-0.15, -0.1) is 0 Å². The maximum atomic E-state index is 5.11. The molecule has 0 aromatic carbocycles. The summed E-state index contributed by atoms with van der Waals surface area (Å²) >= 11 is 0. The highest BCUT2D eigenvalue weighted by Gasteiger charge is 2.09. The van der Waals surface area contributed by atoms with Gasteiger partial charge in [-0.1, -0.05) is 6.07 Å². The number of rotatable bonds is 5. The minimum atomic E-state index is 0.155. The Balaban J connectivity index is 2.49. The molecule has 0 atom stereocenters. The number of hydrogen-bond donors (Lipinski definition) is 1. The Hall–Kier alpha value is -1.29. The first kappa shape index (κ1) is 13.8. The zero-order chi connectivity index (χ0) is 12.9. The third-order valence-electron chi connectivity index (χ3n) is 2.41. The van der Waals surface area contributed by atoms with Gasteiger partial charge >= 0.3 is 0 Å². The van der Waals surface area contributed by atoms with E-state index in [9.17, 15) is 0 Å². The lowest BCUT2D eigenvalue weighted by Crippen LogP contribution is -2.40. The second-order valence-electron chi connectivity index (χ2n) is 5.14. The molecule has 0 spiro atoms. The van der Waals surface area contributed by atoms with E-state index in [1.807, 2.05) is 25.2 Å². The Morgan fingerprint density at radius 1 is 1.35 bits per heavy atom. The summed E-state index contributed by atoms with van der Waals surface area (Å²) in [4.78, 5) is 6.49. The normalized spacial score (nSPS) is 11.4. The van der Waals surface area contributed by atoms with Crippen molar-refractivity contribution in [2.24, 2.45) is 0 Å². The van der Waals surface area contributed by atoms with Crippen molar-refractivity contribution < 1.29 is 4.74 Å². The van der Waals surface area contributed by atoms with E-state index in [4.69, 9.17) is 4.74 Å². The minimum absolute atomic E-state index is 0.155. The van der Waals surface area contributed by atoms with E-state index < -0.39 is 0 Å². The summed E-state index contributed by atoms with van der Waals surface area (Å²) in [5.41, 5.74) is 0.155. The average Bonchev–Trinajstić information content (AvgIpc) is 2.27. The lowest BCUT2D eigenvalue weighted by atomic mass is 10.1. The zero-order valence-corrected chi connectivity index (χ0v) is 11.4. The van der Waals surface area contributed by atoms with E-state index in [2.05, 4.69) is 36.0 Å². The number of ether oxygens (including phenoxy) is 1. The summed E-state index contributed by atoms with van der Waals surface area (Å²) in [7, 11) is 3.67.